The molecule has 9 heteroatoms. The Kier molecular flexibility index (Phi) is 6.70. The number of imidazole rings is 1. The standard InChI is InChI=1S/C21H30N6O2S/c1-2-30-20-23-9-16(10-24-20)12-26-13-18(28)8-21(14-26)3-5-27(6-4-21)19(29)7-17-11-22-15-25-17/h9-11,15,18,28H,2-8,12-14H2,1H3,(H,22,25). The second kappa shape index (κ2) is 9.45. The van der Waals surface area contributed by atoms with Gasteiger partial charge in [-0.1, -0.05) is 18.7 Å². The Morgan fingerprint density at radius 2 is 2.07 bits per heavy atom. The molecule has 1 atom stereocenters. The van der Waals surface area contributed by atoms with Gasteiger partial charge in [-0.05, 0) is 30.4 Å². The molecule has 4 heterocycles. The van der Waals surface area contributed by atoms with Gasteiger partial charge in [0.25, 0.3) is 0 Å². The van der Waals surface area contributed by atoms with Crippen LogP contribution in [0.4, 0.5) is 0 Å². The maximum Gasteiger partial charge on any atom is 0.228 e. The minimum absolute atomic E-state index is 0.0707. The number of rotatable bonds is 6. The zero-order chi connectivity index (χ0) is 21.0. The van der Waals surface area contributed by atoms with Gasteiger partial charge in [0, 0.05) is 62.6 Å². The van der Waals surface area contributed by atoms with E-state index in [2.05, 4.69) is 31.8 Å². The molecule has 2 N–H and O–H groups in total. The topological polar surface area (TPSA) is 98.2 Å². The molecule has 1 unspecified atom stereocenters. The number of aliphatic hydroxyl groups excluding tert-OH is 1. The molecule has 8 nitrogen and oxygen atoms in total. The van der Waals surface area contributed by atoms with Gasteiger partial charge in [0.2, 0.25) is 5.91 Å². The quantitative estimate of drug-likeness (QED) is 0.532. The van der Waals surface area contributed by atoms with Crippen LogP contribution >= 0.6 is 11.8 Å². The van der Waals surface area contributed by atoms with Crippen LogP contribution in [0.1, 0.15) is 37.4 Å². The highest BCUT2D eigenvalue weighted by Gasteiger charge is 2.42. The number of carbonyl (C=O) groups is 1. The summed E-state index contributed by atoms with van der Waals surface area (Å²) in [5, 5.41) is 11.4. The molecule has 30 heavy (non-hydrogen) atoms. The van der Waals surface area contributed by atoms with Crippen LogP contribution in [-0.4, -0.2) is 78.8 Å². The average Bonchev–Trinajstić information content (AvgIpc) is 3.22. The Labute approximate surface area is 181 Å². The summed E-state index contributed by atoms with van der Waals surface area (Å²) in [5.74, 6) is 1.10. The summed E-state index contributed by atoms with van der Waals surface area (Å²) in [6.07, 6.45) is 9.81. The number of hydrogen-bond donors (Lipinski definition) is 2. The maximum atomic E-state index is 12.6. The third-order valence-electron chi connectivity index (χ3n) is 6.13. The predicted molar refractivity (Wildman–Crippen MR) is 115 cm³/mol. The van der Waals surface area contributed by atoms with Gasteiger partial charge in [-0.15, -0.1) is 0 Å². The summed E-state index contributed by atoms with van der Waals surface area (Å²) < 4.78 is 0. The fourth-order valence-electron chi connectivity index (χ4n) is 4.72. The molecule has 2 aliphatic rings. The molecule has 4 rings (SSSR count). The number of amides is 1. The molecular formula is C21H30N6O2S. The molecule has 0 bridgehead atoms. The Balaban J connectivity index is 1.33. The predicted octanol–water partition coefficient (Wildman–Crippen LogP) is 1.73. The molecule has 1 amide bonds. The normalized spacial score (nSPS) is 21.8. The van der Waals surface area contributed by atoms with Crippen LogP contribution in [0.3, 0.4) is 0 Å². The van der Waals surface area contributed by atoms with E-state index in [1.807, 2.05) is 17.3 Å². The first-order chi connectivity index (χ1) is 14.5. The maximum absolute atomic E-state index is 12.6. The first-order valence-electron chi connectivity index (χ1n) is 10.6. The van der Waals surface area contributed by atoms with Crippen LogP contribution in [0, 0.1) is 5.41 Å². The van der Waals surface area contributed by atoms with Crippen molar-refractivity contribution in [3.63, 3.8) is 0 Å². The van der Waals surface area contributed by atoms with Crippen LogP contribution in [0.15, 0.2) is 30.1 Å². The molecule has 0 saturated carbocycles. The number of thioether (sulfide) groups is 1. The molecule has 2 aromatic rings. The molecule has 0 radical (unpaired) electrons. The van der Waals surface area contributed by atoms with Gasteiger partial charge in [-0.3, -0.25) is 9.69 Å². The molecule has 1 spiro atoms. The Bertz CT molecular complexity index is 821. The third kappa shape index (κ3) is 5.19. The Morgan fingerprint density at radius 3 is 2.73 bits per heavy atom. The second-order valence-electron chi connectivity index (χ2n) is 8.47. The van der Waals surface area contributed by atoms with Crippen molar-refractivity contribution in [1.82, 2.24) is 29.7 Å². The molecule has 2 saturated heterocycles. The van der Waals surface area contributed by atoms with Crippen LogP contribution < -0.4 is 0 Å². The number of piperidine rings is 2. The lowest BCUT2D eigenvalue weighted by Gasteiger charge is -2.49. The van der Waals surface area contributed by atoms with Crippen molar-refractivity contribution in [2.24, 2.45) is 5.41 Å². The van der Waals surface area contributed by atoms with Gasteiger partial charge in [0.15, 0.2) is 5.16 Å². The highest BCUT2D eigenvalue weighted by atomic mass is 32.2. The lowest BCUT2D eigenvalue weighted by atomic mass is 9.71. The van der Waals surface area contributed by atoms with Crippen LogP contribution in [0.2, 0.25) is 0 Å². The van der Waals surface area contributed by atoms with Crippen LogP contribution in [-0.2, 0) is 17.8 Å². The van der Waals surface area contributed by atoms with Crippen molar-refractivity contribution in [3.05, 3.63) is 36.2 Å². The van der Waals surface area contributed by atoms with Gasteiger partial charge >= 0.3 is 0 Å². The highest BCUT2D eigenvalue weighted by Crippen LogP contribution is 2.40. The van der Waals surface area contributed by atoms with Crippen molar-refractivity contribution >= 4 is 17.7 Å². The summed E-state index contributed by atoms with van der Waals surface area (Å²) in [4.78, 5) is 32.7. The molecule has 0 aliphatic carbocycles. The number of likely N-dealkylation sites (tertiary alicyclic amines) is 2. The minimum Gasteiger partial charge on any atom is -0.392 e. The van der Waals surface area contributed by atoms with E-state index >= 15 is 0 Å². The lowest BCUT2D eigenvalue weighted by molar-refractivity contribution is -0.134. The molecule has 162 valence electrons. The fourth-order valence-corrected chi connectivity index (χ4v) is 5.23. The van der Waals surface area contributed by atoms with E-state index in [1.165, 1.54) is 0 Å². The van der Waals surface area contributed by atoms with E-state index < -0.39 is 0 Å². The summed E-state index contributed by atoms with van der Waals surface area (Å²) >= 11 is 1.64. The van der Waals surface area contributed by atoms with E-state index in [1.54, 1.807) is 24.3 Å². The van der Waals surface area contributed by atoms with Crippen molar-refractivity contribution in [1.29, 1.82) is 0 Å². The van der Waals surface area contributed by atoms with Crippen LogP contribution in [0.5, 0.6) is 0 Å². The van der Waals surface area contributed by atoms with Crippen molar-refractivity contribution in [2.75, 3.05) is 31.9 Å². The van der Waals surface area contributed by atoms with E-state index in [-0.39, 0.29) is 17.4 Å². The third-order valence-corrected chi connectivity index (χ3v) is 6.89. The minimum atomic E-state index is -0.332. The van der Waals surface area contributed by atoms with E-state index in [4.69, 9.17) is 0 Å². The lowest BCUT2D eigenvalue weighted by Crippen LogP contribution is -2.54. The van der Waals surface area contributed by atoms with Gasteiger partial charge in [-0.2, -0.15) is 0 Å². The number of nitrogens with one attached hydrogen (secondary N) is 1. The summed E-state index contributed by atoms with van der Waals surface area (Å²) in [5.41, 5.74) is 2.00. The second-order valence-corrected chi connectivity index (χ2v) is 9.70. The summed E-state index contributed by atoms with van der Waals surface area (Å²) in [7, 11) is 0. The molecule has 2 fully saturated rings. The van der Waals surface area contributed by atoms with E-state index in [9.17, 15) is 9.90 Å². The molecule has 0 aromatic carbocycles. The summed E-state index contributed by atoms with van der Waals surface area (Å²) in [6, 6.07) is 0. The average molecular weight is 431 g/mol. The number of aliphatic hydroxyl groups is 1. The van der Waals surface area contributed by atoms with E-state index in [0.29, 0.717) is 13.0 Å². The molecular weight excluding hydrogens is 400 g/mol. The largest absolute Gasteiger partial charge is 0.392 e. The van der Waals surface area contributed by atoms with Gasteiger partial charge < -0.3 is 15.0 Å². The first kappa shape index (κ1) is 21.3. The fraction of sp³-hybridized carbons (Fsp3) is 0.619. The smallest absolute Gasteiger partial charge is 0.228 e. The molecule has 2 aliphatic heterocycles. The molecule has 2 aromatic heterocycles. The van der Waals surface area contributed by atoms with Crippen LogP contribution in [0.25, 0.3) is 0 Å². The number of aromatic nitrogens is 4. The number of β-amino-alcohol motifs (C(OH)–C–C–N with tert-alkyl or cyclic N) is 1. The van der Waals surface area contributed by atoms with Crippen molar-refractivity contribution < 1.29 is 9.90 Å². The van der Waals surface area contributed by atoms with Gasteiger partial charge in [0.1, 0.15) is 0 Å². The highest BCUT2D eigenvalue weighted by molar-refractivity contribution is 7.99. The van der Waals surface area contributed by atoms with E-state index in [0.717, 1.165) is 67.6 Å². The summed E-state index contributed by atoms with van der Waals surface area (Å²) in [6.45, 7) is 5.96. The number of aromatic amines is 1. The number of nitrogens with zero attached hydrogens (tertiary/aromatic N) is 5. The first-order valence-corrected chi connectivity index (χ1v) is 11.6. The van der Waals surface area contributed by atoms with Crippen molar-refractivity contribution in [2.45, 2.75) is 50.4 Å². The Morgan fingerprint density at radius 1 is 1.30 bits per heavy atom. The van der Waals surface area contributed by atoms with Gasteiger partial charge in [0.05, 0.1) is 18.9 Å². The van der Waals surface area contributed by atoms with Gasteiger partial charge in [-0.25, -0.2) is 15.0 Å². The number of carbonyl (C=O) groups excluding carboxylic acids is 1. The SMILES string of the molecule is CCSc1ncc(CN2CC(O)CC3(CCN(C(=O)Cc4cnc[nH]4)CC3)C2)cn1. The monoisotopic (exact) mass is 430 g/mol. The number of hydrogen-bond acceptors (Lipinski definition) is 7. The Hall–Kier alpha value is -1.97. The number of H-pyrrole nitrogens is 1. The van der Waals surface area contributed by atoms with Crippen molar-refractivity contribution in [3.8, 4) is 0 Å². The zero-order valence-corrected chi connectivity index (χ0v) is 18.3. The zero-order valence-electron chi connectivity index (χ0n) is 17.5.